The number of rotatable bonds is 6. The number of hydrogen-bond acceptors (Lipinski definition) is 4. The van der Waals surface area contributed by atoms with Gasteiger partial charge in [-0.05, 0) is 37.8 Å². The molecule has 0 aromatic carbocycles. The van der Waals surface area contributed by atoms with Crippen molar-refractivity contribution in [2.24, 2.45) is 0 Å². The van der Waals surface area contributed by atoms with Gasteiger partial charge in [0, 0.05) is 25.9 Å². The van der Waals surface area contributed by atoms with Crippen molar-refractivity contribution < 1.29 is 14.3 Å². The zero-order valence-corrected chi connectivity index (χ0v) is 12.9. The van der Waals surface area contributed by atoms with Gasteiger partial charge in [0.1, 0.15) is 12.2 Å². The summed E-state index contributed by atoms with van der Waals surface area (Å²) in [7, 11) is 1.62. The highest BCUT2D eigenvalue weighted by atomic mass is 16.5. The number of methoxy groups -OCH3 is 1. The lowest BCUT2D eigenvalue weighted by molar-refractivity contribution is 0.0600. The molecule has 0 bridgehead atoms. The van der Waals surface area contributed by atoms with Crippen molar-refractivity contribution in [2.45, 2.75) is 38.6 Å². The van der Waals surface area contributed by atoms with Crippen LogP contribution in [0.3, 0.4) is 0 Å². The van der Waals surface area contributed by atoms with Gasteiger partial charge in [0.15, 0.2) is 0 Å². The molecule has 0 radical (unpaired) electrons. The quantitative estimate of drug-likeness (QED) is 0.756. The van der Waals surface area contributed by atoms with Gasteiger partial charge in [0.25, 0.3) is 5.91 Å². The molecule has 2 rings (SSSR count). The van der Waals surface area contributed by atoms with Gasteiger partial charge < -0.3 is 14.4 Å². The minimum Gasteiger partial charge on any atom is -0.475 e. The van der Waals surface area contributed by atoms with E-state index >= 15 is 0 Å². The van der Waals surface area contributed by atoms with Crippen molar-refractivity contribution in [3.63, 3.8) is 0 Å². The van der Waals surface area contributed by atoms with E-state index in [-0.39, 0.29) is 5.91 Å². The first kappa shape index (κ1) is 15.8. The number of ether oxygens (including phenoxy) is 2. The number of aromatic nitrogens is 1. The van der Waals surface area contributed by atoms with Crippen LogP contribution >= 0.6 is 0 Å². The molecule has 1 fully saturated rings. The summed E-state index contributed by atoms with van der Waals surface area (Å²) in [6.07, 6.45) is 6.00. The van der Waals surface area contributed by atoms with E-state index in [1.807, 2.05) is 4.90 Å². The van der Waals surface area contributed by atoms with Gasteiger partial charge in [-0.25, -0.2) is 4.98 Å². The van der Waals surface area contributed by atoms with E-state index in [0.29, 0.717) is 30.7 Å². The fourth-order valence-electron chi connectivity index (χ4n) is 2.74. The monoisotopic (exact) mass is 292 g/mol. The summed E-state index contributed by atoms with van der Waals surface area (Å²) < 4.78 is 10.5. The maximum atomic E-state index is 12.8. The normalized spacial score (nSPS) is 18.6. The van der Waals surface area contributed by atoms with Crippen LogP contribution in [0.2, 0.25) is 0 Å². The topological polar surface area (TPSA) is 51.7 Å². The number of pyridine rings is 1. The third-order valence-electron chi connectivity index (χ3n) is 3.89. The SMILES string of the molecule is CCC1CCCCN1C(=O)c1cccnc1OCCOC. The Balaban J connectivity index is 2.14. The van der Waals surface area contributed by atoms with Crippen LogP contribution in [0.1, 0.15) is 43.0 Å². The third kappa shape index (κ3) is 3.94. The lowest BCUT2D eigenvalue weighted by Crippen LogP contribution is -2.43. The second-order valence-corrected chi connectivity index (χ2v) is 5.25. The minimum absolute atomic E-state index is 0.0297. The highest BCUT2D eigenvalue weighted by molar-refractivity contribution is 5.96. The standard InChI is InChI=1S/C16H24N2O3/c1-3-13-7-4-5-10-18(13)16(19)14-8-6-9-17-15(14)21-12-11-20-2/h6,8-9,13H,3-5,7,10-12H2,1-2H3. The number of likely N-dealkylation sites (tertiary alicyclic amines) is 1. The fourth-order valence-corrected chi connectivity index (χ4v) is 2.74. The molecule has 21 heavy (non-hydrogen) atoms. The molecule has 1 saturated heterocycles. The molecule has 1 amide bonds. The van der Waals surface area contributed by atoms with Crippen molar-refractivity contribution in [3.8, 4) is 5.88 Å². The molecule has 0 aliphatic carbocycles. The first-order valence-electron chi connectivity index (χ1n) is 7.65. The van der Waals surface area contributed by atoms with Gasteiger partial charge in [0.05, 0.1) is 6.61 Å². The number of nitrogens with zero attached hydrogens (tertiary/aromatic N) is 2. The van der Waals surface area contributed by atoms with E-state index in [9.17, 15) is 4.79 Å². The van der Waals surface area contributed by atoms with Crippen LogP contribution in [0.5, 0.6) is 5.88 Å². The molecule has 1 unspecified atom stereocenters. The van der Waals surface area contributed by atoms with Crippen LogP contribution in [-0.2, 0) is 4.74 Å². The average molecular weight is 292 g/mol. The molecule has 2 heterocycles. The Morgan fingerprint density at radius 3 is 3.05 bits per heavy atom. The maximum Gasteiger partial charge on any atom is 0.259 e. The number of carbonyl (C=O) groups is 1. The van der Waals surface area contributed by atoms with E-state index in [0.717, 1.165) is 25.8 Å². The Morgan fingerprint density at radius 2 is 2.29 bits per heavy atom. The minimum atomic E-state index is 0.0297. The predicted molar refractivity (Wildman–Crippen MR) is 80.6 cm³/mol. The molecule has 1 atom stereocenters. The van der Waals surface area contributed by atoms with Crippen LogP contribution in [0.25, 0.3) is 0 Å². The molecule has 0 spiro atoms. The molecule has 1 aromatic heterocycles. The van der Waals surface area contributed by atoms with Gasteiger partial charge in [-0.15, -0.1) is 0 Å². The summed E-state index contributed by atoms with van der Waals surface area (Å²) in [4.78, 5) is 19.0. The lowest BCUT2D eigenvalue weighted by atomic mass is 9.99. The molecule has 1 aliphatic heterocycles. The summed E-state index contributed by atoms with van der Waals surface area (Å²) in [5.74, 6) is 0.432. The first-order chi connectivity index (χ1) is 10.3. The molecular weight excluding hydrogens is 268 g/mol. The Bertz CT molecular complexity index is 465. The Hall–Kier alpha value is -1.62. The summed E-state index contributed by atoms with van der Waals surface area (Å²) in [6, 6.07) is 3.90. The summed E-state index contributed by atoms with van der Waals surface area (Å²) in [6.45, 7) is 3.83. The van der Waals surface area contributed by atoms with Crippen molar-refractivity contribution in [3.05, 3.63) is 23.9 Å². The number of piperidine rings is 1. The highest BCUT2D eigenvalue weighted by Crippen LogP contribution is 2.24. The number of hydrogen-bond donors (Lipinski definition) is 0. The van der Waals surface area contributed by atoms with Crippen LogP contribution in [-0.4, -0.2) is 48.7 Å². The summed E-state index contributed by atoms with van der Waals surface area (Å²) in [5, 5.41) is 0. The van der Waals surface area contributed by atoms with E-state index < -0.39 is 0 Å². The molecular formula is C16H24N2O3. The molecule has 1 aromatic rings. The van der Waals surface area contributed by atoms with E-state index in [1.165, 1.54) is 6.42 Å². The van der Waals surface area contributed by atoms with E-state index in [1.54, 1.807) is 25.4 Å². The molecule has 116 valence electrons. The predicted octanol–water partition coefficient (Wildman–Crippen LogP) is 2.51. The van der Waals surface area contributed by atoms with Gasteiger partial charge in [-0.1, -0.05) is 6.92 Å². The third-order valence-corrected chi connectivity index (χ3v) is 3.89. The largest absolute Gasteiger partial charge is 0.475 e. The van der Waals surface area contributed by atoms with Gasteiger partial charge in [-0.2, -0.15) is 0 Å². The van der Waals surface area contributed by atoms with Crippen LogP contribution in [0.4, 0.5) is 0 Å². The Labute approximate surface area is 126 Å². The second-order valence-electron chi connectivity index (χ2n) is 5.25. The van der Waals surface area contributed by atoms with Crippen molar-refractivity contribution in [2.75, 3.05) is 26.9 Å². The van der Waals surface area contributed by atoms with E-state index in [2.05, 4.69) is 11.9 Å². The lowest BCUT2D eigenvalue weighted by Gasteiger charge is -2.35. The molecule has 0 N–H and O–H groups in total. The maximum absolute atomic E-state index is 12.8. The summed E-state index contributed by atoms with van der Waals surface area (Å²) in [5.41, 5.74) is 0.550. The Kier molecular flexibility index (Phi) is 5.99. The van der Waals surface area contributed by atoms with Crippen LogP contribution in [0.15, 0.2) is 18.3 Å². The van der Waals surface area contributed by atoms with Gasteiger partial charge in [-0.3, -0.25) is 4.79 Å². The smallest absolute Gasteiger partial charge is 0.259 e. The number of carbonyl (C=O) groups excluding carboxylic acids is 1. The van der Waals surface area contributed by atoms with Gasteiger partial charge in [0.2, 0.25) is 5.88 Å². The molecule has 0 saturated carbocycles. The van der Waals surface area contributed by atoms with Crippen LogP contribution in [0, 0.1) is 0 Å². The van der Waals surface area contributed by atoms with Crippen molar-refractivity contribution in [1.29, 1.82) is 0 Å². The molecule has 1 aliphatic rings. The number of amides is 1. The van der Waals surface area contributed by atoms with Crippen molar-refractivity contribution in [1.82, 2.24) is 9.88 Å². The van der Waals surface area contributed by atoms with Crippen LogP contribution < -0.4 is 4.74 Å². The van der Waals surface area contributed by atoms with Crippen molar-refractivity contribution >= 4 is 5.91 Å². The second kappa shape index (κ2) is 7.98. The average Bonchev–Trinajstić information content (AvgIpc) is 2.55. The Morgan fingerprint density at radius 1 is 1.43 bits per heavy atom. The molecule has 5 nitrogen and oxygen atoms in total. The fraction of sp³-hybridized carbons (Fsp3) is 0.625. The van der Waals surface area contributed by atoms with E-state index in [4.69, 9.17) is 9.47 Å². The summed E-state index contributed by atoms with van der Waals surface area (Å²) >= 11 is 0. The zero-order chi connectivity index (χ0) is 15.1. The van der Waals surface area contributed by atoms with Gasteiger partial charge >= 0.3 is 0 Å². The zero-order valence-electron chi connectivity index (χ0n) is 12.9. The molecule has 5 heteroatoms. The highest BCUT2D eigenvalue weighted by Gasteiger charge is 2.28. The first-order valence-corrected chi connectivity index (χ1v) is 7.65.